The number of rotatable bonds is 5. The molecule has 0 saturated carbocycles. The Hall–Kier alpha value is -1.49. The van der Waals surface area contributed by atoms with Crippen molar-refractivity contribution in [2.45, 2.75) is 29.2 Å². The fourth-order valence-corrected chi connectivity index (χ4v) is 3.78. The molecule has 0 saturated heterocycles. The summed E-state index contributed by atoms with van der Waals surface area (Å²) in [5.74, 6) is 0. The van der Waals surface area contributed by atoms with Crippen LogP contribution in [0.5, 0.6) is 0 Å². The number of hydrogen-bond acceptors (Lipinski definition) is 4. The molecule has 3 rings (SSSR count). The van der Waals surface area contributed by atoms with Crippen LogP contribution in [0.1, 0.15) is 12.5 Å². The van der Waals surface area contributed by atoms with E-state index >= 15 is 0 Å². The van der Waals surface area contributed by atoms with Crippen molar-refractivity contribution < 1.29 is 5.11 Å². The van der Waals surface area contributed by atoms with Crippen LogP contribution in [0.4, 0.5) is 11.4 Å². The van der Waals surface area contributed by atoms with Crippen molar-refractivity contribution in [2.24, 2.45) is 0 Å². The molecule has 0 radical (unpaired) electrons. The van der Waals surface area contributed by atoms with Crippen LogP contribution in [-0.4, -0.2) is 36.2 Å². The lowest BCUT2D eigenvalue weighted by molar-refractivity contribution is 0.187. The van der Waals surface area contributed by atoms with Crippen molar-refractivity contribution in [3.8, 4) is 0 Å². The van der Waals surface area contributed by atoms with E-state index in [4.69, 9.17) is 5.11 Å². The Bertz CT molecular complexity index is 659. The van der Waals surface area contributed by atoms with Gasteiger partial charge in [-0.3, -0.25) is 0 Å². The van der Waals surface area contributed by atoms with Gasteiger partial charge >= 0.3 is 0 Å². The van der Waals surface area contributed by atoms with E-state index in [1.165, 1.54) is 26.7 Å². The highest BCUT2D eigenvalue weighted by molar-refractivity contribution is 7.99. The van der Waals surface area contributed by atoms with Gasteiger partial charge in [0.1, 0.15) is 0 Å². The van der Waals surface area contributed by atoms with Crippen molar-refractivity contribution in [3.05, 3.63) is 48.0 Å². The van der Waals surface area contributed by atoms with Gasteiger partial charge in [0.05, 0.1) is 18.0 Å². The van der Waals surface area contributed by atoms with E-state index in [0.717, 1.165) is 6.42 Å². The quantitative estimate of drug-likeness (QED) is 0.752. The summed E-state index contributed by atoms with van der Waals surface area (Å²) in [5, 5.41) is 12.7. The maximum absolute atomic E-state index is 9.10. The number of hydrogen-bond donors (Lipinski definition) is 2. The van der Waals surface area contributed by atoms with Gasteiger partial charge in [-0.15, -0.1) is 0 Å². The van der Waals surface area contributed by atoms with E-state index in [1.807, 2.05) is 11.8 Å². The van der Waals surface area contributed by atoms with Gasteiger partial charge in [0, 0.05) is 22.4 Å². The van der Waals surface area contributed by atoms with Crippen LogP contribution < -0.4 is 5.32 Å². The predicted octanol–water partition coefficient (Wildman–Crippen LogP) is 3.75. The minimum absolute atomic E-state index is 0.204. The molecule has 22 heavy (non-hydrogen) atoms. The number of para-hydroxylation sites is 2. The van der Waals surface area contributed by atoms with Gasteiger partial charge in [0.2, 0.25) is 0 Å². The predicted molar refractivity (Wildman–Crippen MR) is 93.2 cm³/mol. The lowest BCUT2D eigenvalue weighted by Gasteiger charge is -2.27. The molecule has 0 spiro atoms. The van der Waals surface area contributed by atoms with Gasteiger partial charge in [-0.25, -0.2) is 0 Å². The molecule has 4 heteroatoms. The molecular weight excluding hydrogens is 292 g/mol. The Labute approximate surface area is 136 Å². The van der Waals surface area contributed by atoms with E-state index in [9.17, 15) is 0 Å². The van der Waals surface area contributed by atoms with Crippen LogP contribution in [0.2, 0.25) is 0 Å². The highest BCUT2D eigenvalue weighted by atomic mass is 32.2. The average Bonchev–Trinajstić information content (AvgIpc) is 2.53. The SMILES string of the molecule is C[C@@H](Cc1cccc2c1Nc1ccccc1S2)N(C)CCO. The zero-order valence-electron chi connectivity index (χ0n) is 13.0. The number of anilines is 2. The molecule has 1 aliphatic rings. The first-order valence-corrected chi connectivity index (χ1v) is 8.47. The van der Waals surface area contributed by atoms with Crippen LogP contribution in [0.15, 0.2) is 52.3 Å². The number of fused-ring (bicyclic) bond motifs is 2. The number of aliphatic hydroxyl groups excluding tert-OH is 1. The Morgan fingerprint density at radius 1 is 1.14 bits per heavy atom. The zero-order valence-corrected chi connectivity index (χ0v) is 13.9. The third kappa shape index (κ3) is 3.14. The van der Waals surface area contributed by atoms with E-state index in [0.29, 0.717) is 12.6 Å². The lowest BCUT2D eigenvalue weighted by atomic mass is 10.0. The molecular formula is C18H22N2OS. The third-order valence-electron chi connectivity index (χ3n) is 4.20. The van der Waals surface area contributed by atoms with Gasteiger partial charge in [0.25, 0.3) is 0 Å². The summed E-state index contributed by atoms with van der Waals surface area (Å²) >= 11 is 1.83. The molecule has 1 heterocycles. The van der Waals surface area contributed by atoms with Crippen molar-refractivity contribution >= 4 is 23.1 Å². The molecule has 3 nitrogen and oxygen atoms in total. The topological polar surface area (TPSA) is 35.5 Å². The fourth-order valence-electron chi connectivity index (χ4n) is 2.74. The summed E-state index contributed by atoms with van der Waals surface area (Å²) in [6.45, 7) is 3.12. The highest BCUT2D eigenvalue weighted by Gasteiger charge is 2.19. The minimum Gasteiger partial charge on any atom is -0.395 e. The number of likely N-dealkylation sites (N-methyl/N-ethyl adjacent to an activating group) is 1. The third-order valence-corrected chi connectivity index (χ3v) is 5.34. The second-order valence-electron chi connectivity index (χ2n) is 5.77. The summed E-state index contributed by atoms with van der Waals surface area (Å²) in [7, 11) is 2.06. The van der Waals surface area contributed by atoms with E-state index in [1.54, 1.807) is 0 Å². The van der Waals surface area contributed by atoms with Crippen molar-refractivity contribution in [3.63, 3.8) is 0 Å². The van der Waals surface area contributed by atoms with Crippen molar-refractivity contribution in [2.75, 3.05) is 25.5 Å². The normalized spacial score (nSPS) is 14.2. The molecule has 2 N–H and O–H groups in total. The Balaban J connectivity index is 1.84. The molecule has 0 aliphatic carbocycles. The van der Waals surface area contributed by atoms with Crippen LogP contribution in [0.3, 0.4) is 0 Å². The first kappa shape index (κ1) is 15.4. The van der Waals surface area contributed by atoms with Gasteiger partial charge in [-0.05, 0) is 44.2 Å². The number of benzene rings is 2. The first-order chi connectivity index (χ1) is 10.7. The Morgan fingerprint density at radius 3 is 2.73 bits per heavy atom. The fraction of sp³-hybridized carbons (Fsp3) is 0.333. The number of nitrogens with zero attached hydrogens (tertiary/aromatic N) is 1. The molecule has 2 aromatic carbocycles. The first-order valence-electron chi connectivity index (χ1n) is 7.66. The van der Waals surface area contributed by atoms with E-state index < -0.39 is 0 Å². The monoisotopic (exact) mass is 314 g/mol. The van der Waals surface area contributed by atoms with Crippen LogP contribution in [-0.2, 0) is 6.42 Å². The molecule has 0 amide bonds. The smallest absolute Gasteiger partial charge is 0.0559 e. The standard InChI is InChI=1S/C18H22N2OS/c1-13(20(2)10-11-21)12-14-6-5-9-17-18(14)19-15-7-3-4-8-16(15)22-17/h3-9,13,19,21H,10-12H2,1-2H3/t13-/m0/s1. The van der Waals surface area contributed by atoms with Crippen molar-refractivity contribution in [1.29, 1.82) is 0 Å². The molecule has 0 unspecified atom stereocenters. The minimum atomic E-state index is 0.204. The second-order valence-corrected chi connectivity index (χ2v) is 6.85. The number of nitrogens with one attached hydrogen (secondary N) is 1. The Kier molecular flexibility index (Phi) is 4.71. The van der Waals surface area contributed by atoms with Crippen LogP contribution in [0, 0.1) is 0 Å². The molecule has 0 aromatic heterocycles. The average molecular weight is 314 g/mol. The maximum Gasteiger partial charge on any atom is 0.0559 e. The van der Waals surface area contributed by atoms with Gasteiger partial charge in [-0.1, -0.05) is 36.0 Å². The maximum atomic E-state index is 9.10. The molecule has 0 fully saturated rings. The largest absolute Gasteiger partial charge is 0.395 e. The molecule has 0 bridgehead atoms. The van der Waals surface area contributed by atoms with Gasteiger partial charge in [-0.2, -0.15) is 0 Å². The zero-order chi connectivity index (χ0) is 15.5. The Morgan fingerprint density at radius 2 is 1.91 bits per heavy atom. The molecule has 2 aromatic rings. The lowest BCUT2D eigenvalue weighted by Crippen LogP contribution is -2.33. The van der Waals surface area contributed by atoms with Crippen LogP contribution in [0.25, 0.3) is 0 Å². The summed E-state index contributed by atoms with van der Waals surface area (Å²) in [4.78, 5) is 4.76. The number of aliphatic hydroxyl groups is 1. The molecule has 1 aliphatic heterocycles. The second kappa shape index (κ2) is 6.73. The van der Waals surface area contributed by atoms with Gasteiger partial charge in [0.15, 0.2) is 0 Å². The summed E-state index contributed by atoms with van der Waals surface area (Å²) in [5.41, 5.74) is 3.75. The summed E-state index contributed by atoms with van der Waals surface area (Å²) < 4.78 is 0. The molecule has 116 valence electrons. The summed E-state index contributed by atoms with van der Waals surface area (Å²) in [6.07, 6.45) is 0.968. The van der Waals surface area contributed by atoms with E-state index in [2.05, 4.69) is 66.7 Å². The van der Waals surface area contributed by atoms with Crippen LogP contribution >= 0.6 is 11.8 Å². The van der Waals surface area contributed by atoms with E-state index in [-0.39, 0.29) is 6.61 Å². The molecule has 1 atom stereocenters. The summed E-state index contributed by atoms with van der Waals surface area (Å²) in [6, 6.07) is 15.3. The van der Waals surface area contributed by atoms with Gasteiger partial charge < -0.3 is 15.3 Å². The van der Waals surface area contributed by atoms with Crippen molar-refractivity contribution in [1.82, 2.24) is 4.90 Å². The highest BCUT2D eigenvalue weighted by Crippen LogP contribution is 2.45.